The molecule has 0 saturated carbocycles. The zero-order chi connectivity index (χ0) is 23.7. The van der Waals surface area contributed by atoms with Gasteiger partial charge in [0, 0.05) is 18.2 Å². The number of nitrogens with one attached hydrogen (secondary N) is 2. The Hall–Kier alpha value is -4.08. The van der Waals surface area contributed by atoms with Crippen LogP contribution in [0.2, 0.25) is 0 Å². The molecule has 2 amide bonds. The van der Waals surface area contributed by atoms with Crippen molar-refractivity contribution in [3.05, 3.63) is 46.6 Å². The van der Waals surface area contributed by atoms with Gasteiger partial charge in [0.15, 0.2) is 11.6 Å². The van der Waals surface area contributed by atoms with Crippen molar-refractivity contribution in [3.63, 3.8) is 0 Å². The molecule has 33 heavy (non-hydrogen) atoms. The number of amides is 2. The van der Waals surface area contributed by atoms with Crippen molar-refractivity contribution in [1.29, 1.82) is 0 Å². The van der Waals surface area contributed by atoms with E-state index in [2.05, 4.69) is 27.0 Å². The highest BCUT2D eigenvalue weighted by molar-refractivity contribution is 6.43. The largest absolute Gasteiger partial charge is 0.462 e. The molecule has 3 aromatic rings. The number of rotatable bonds is 5. The van der Waals surface area contributed by atoms with E-state index in [1.54, 1.807) is 6.92 Å². The van der Waals surface area contributed by atoms with Gasteiger partial charge in [0.25, 0.3) is 5.91 Å². The standard InChI is InChI=1S/C23H24N6O4/c1-5-33-23(32)16-11-24-29(21(16)26-22(31)17-6-7-19(30)28-27-17)18-10-13(3)15-9-12(2)8-14(4)20(15)25-18/h8-11H,5-7H2,1-4H3,(H,26,31)(H,28,30). The summed E-state index contributed by atoms with van der Waals surface area (Å²) in [6.45, 7) is 7.85. The van der Waals surface area contributed by atoms with Crippen molar-refractivity contribution in [1.82, 2.24) is 20.2 Å². The third-order valence-corrected chi connectivity index (χ3v) is 5.32. The quantitative estimate of drug-likeness (QED) is 0.578. The highest BCUT2D eigenvalue weighted by Crippen LogP contribution is 2.27. The molecule has 170 valence electrons. The number of nitrogens with zero attached hydrogens (tertiary/aromatic N) is 4. The molecule has 0 radical (unpaired) electrons. The van der Waals surface area contributed by atoms with Gasteiger partial charge in [-0.25, -0.2) is 15.2 Å². The number of carbonyl (C=O) groups is 3. The van der Waals surface area contributed by atoms with Crippen LogP contribution in [0.3, 0.4) is 0 Å². The van der Waals surface area contributed by atoms with Crippen LogP contribution in [0.15, 0.2) is 29.5 Å². The van der Waals surface area contributed by atoms with Gasteiger partial charge < -0.3 is 10.1 Å². The van der Waals surface area contributed by atoms with E-state index in [4.69, 9.17) is 9.72 Å². The Bertz CT molecular complexity index is 1320. The van der Waals surface area contributed by atoms with Gasteiger partial charge in [0.1, 0.15) is 11.3 Å². The van der Waals surface area contributed by atoms with Crippen molar-refractivity contribution in [2.75, 3.05) is 11.9 Å². The van der Waals surface area contributed by atoms with Crippen molar-refractivity contribution in [3.8, 4) is 5.82 Å². The topological polar surface area (TPSA) is 128 Å². The second kappa shape index (κ2) is 8.81. The number of fused-ring (bicyclic) bond motifs is 1. The molecule has 10 nitrogen and oxygen atoms in total. The minimum atomic E-state index is -0.623. The molecule has 2 N–H and O–H groups in total. The maximum atomic E-state index is 12.9. The Morgan fingerprint density at radius 1 is 1.15 bits per heavy atom. The smallest absolute Gasteiger partial charge is 0.343 e. The van der Waals surface area contributed by atoms with Gasteiger partial charge >= 0.3 is 5.97 Å². The van der Waals surface area contributed by atoms with Gasteiger partial charge in [-0.15, -0.1) is 0 Å². The van der Waals surface area contributed by atoms with E-state index in [1.165, 1.54) is 10.9 Å². The average molecular weight is 448 g/mol. The number of ether oxygens (including phenoxy) is 1. The van der Waals surface area contributed by atoms with Gasteiger partial charge in [0.05, 0.1) is 18.3 Å². The third kappa shape index (κ3) is 4.32. The second-order valence-electron chi connectivity index (χ2n) is 7.86. The number of hydrazone groups is 1. The maximum absolute atomic E-state index is 12.9. The Morgan fingerprint density at radius 2 is 1.94 bits per heavy atom. The van der Waals surface area contributed by atoms with Gasteiger partial charge in [-0.1, -0.05) is 11.6 Å². The van der Waals surface area contributed by atoms with E-state index >= 15 is 0 Å². The zero-order valence-electron chi connectivity index (χ0n) is 18.9. The van der Waals surface area contributed by atoms with Crippen LogP contribution >= 0.6 is 0 Å². The zero-order valence-corrected chi connectivity index (χ0v) is 18.9. The van der Waals surface area contributed by atoms with Gasteiger partial charge in [-0.05, 0) is 51.0 Å². The Kier molecular flexibility index (Phi) is 5.91. The van der Waals surface area contributed by atoms with Crippen LogP contribution in [0.4, 0.5) is 5.82 Å². The lowest BCUT2D eigenvalue weighted by Gasteiger charge is -2.15. The number of hydrogen-bond acceptors (Lipinski definition) is 7. The predicted molar refractivity (Wildman–Crippen MR) is 122 cm³/mol. The summed E-state index contributed by atoms with van der Waals surface area (Å²) in [6.07, 6.45) is 1.67. The fourth-order valence-corrected chi connectivity index (χ4v) is 3.75. The normalized spacial score (nSPS) is 13.5. The molecule has 10 heteroatoms. The number of hydrogen-bond donors (Lipinski definition) is 2. The number of pyridine rings is 1. The summed E-state index contributed by atoms with van der Waals surface area (Å²) < 4.78 is 6.53. The highest BCUT2D eigenvalue weighted by Gasteiger charge is 2.25. The molecule has 0 fully saturated rings. The number of esters is 1. The lowest BCUT2D eigenvalue weighted by atomic mass is 10.0. The first-order chi connectivity index (χ1) is 15.8. The SMILES string of the molecule is CCOC(=O)c1cnn(-c2cc(C)c3cc(C)cc(C)c3n2)c1NC(=O)C1=NNC(=O)CC1. The molecule has 0 unspecified atom stereocenters. The number of aryl methyl sites for hydroxylation is 3. The average Bonchev–Trinajstić information content (AvgIpc) is 3.18. The van der Waals surface area contributed by atoms with E-state index in [9.17, 15) is 14.4 Å². The molecule has 0 bridgehead atoms. The first kappa shape index (κ1) is 22.1. The van der Waals surface area contributed by atoms with Crippen LogP contribution < -0.4 is 10.7 Å². The Balaban J connectivity index is 1.81. The Morgan fingerprint density at radius 3 is 2.64 bits per heavy atom. The number of anilines is 1. The van der Waals surface area contributed by atoms with Crippen molar-refractivity contribution in [2.24, 2.45) is 5.10 Å². The Labute approximate surface area is 190 Å². The van der Waals surface area contributed by atoms with E-state index in [0.717, 1.165) is 27.6 Å². The fraction of sp³-hybridized carbons (Fsp3) is 0.304. The van der Waals surface area contributed by atoms with Crippen LogP contribution in [-0.4, -0.2) is 44.9 Å². The molecule has 1 aromatic carbocycles. The van der Waals surface area contributed by atoms with Crippen molar-refractivity contribution >= 4 is 40.2 Å². The van der Waals surface area contributed by atoms with Crippen molar-refractivity contribution < 1.29 is 19.1 Å². The monoisotopic (exact) mass is 448 g/mol. The summed E-state index contributed by atoms with van der Waals surface area (Å²) in [5.41, 5.74) is 6.45. The lowest BCUT2D eigenvalue weighted by molar-refractivity contribution is -0.121. The summed E-state index contributed by atoms with van der Waals surface area (Å²) in [5, 5.41) is 11.9. The summed E-state index contributed by atoms with van der Waals surface area (Å²) in [4.78, 5) is 41.5. The first-order valence-electron chi connectivity index (χ1n) is 10.6. The highest BCUT2D eigenvalue weighted by atomic mass is 16.5. The van der Waals surface area contributed by atoms with Crippen LogP contribution in [0.25, 0.3) is 16.7 Å². The molecule has 0 saturated heterocycles. The van der Waals surface area contributed by atoms with E-state index < -0.39 is 11.9 Å². The lowest BCUT2D eigenvalue weighted by Crippen LogP contribution is -2.33. The predicted octanol–water partition coefficient (Wildman–Crippen LogP) is 2.73. The summed E-state index contributed by atoms with van der Waals surface area (Å²) in [5.74, 6) is -0.870. The van der Waals surface area contributed by atoms with Gasteiger partial charge in [0.2, 0.25) is 5.91 Å². The molecule has 0 aliphatic carbocycles. The van der Waals surface area contributed by atoms with E-state index in [1.807, 2.05) is 32.9 Å². The van der Waals surface area contributed by atoms with E-state index in [-0.39, 0.29) is 42.4 Å². The van der Waals surface area contributed by atoms with Gasteiger partial charge in [-0.3, -0.25) is 9.59 Å². The number of benzene rings is 1. The summed E-state index contributed by atoms with van der Waals surface area (Å²) in [7, 11) is 0. The van der Waals surface area contributed by atoms with Gasteiger partial charge in [-0.2, -0.15) is 14.9 Å². The fourth-order valence-electron chi connectivity index (χ4n) is 3.75. The minimum Gasteiger partial charge on any atom is -0.462 e. The minimum absolute atomic E-state index is 0.0887. The van der Waals surface area contributed by atoms with E-state index in [0.29, 0.717) is 5.82 Å². The molecule has 1 aliphatic rings. The van der Waals surface area contributed by atoms with Crippen LogP contribution in [0.1, 0.15) is 46.8 Å². The summed E-state index contributed by atoms with van der Waals surface area (Å²) >= 11 is 0. The molecule has 0 atom stereocenters. The molecule has 0 spiro atoms. The third-order valence-electron chi connectivity index (χ3n) is 5.32. The molecular formula is C23H24N6O4. The molecule has 1 aliphatic heterocycles. The first-order valence-corrected chi connectivity index (χ1v) is 10.6. The molecule has 2 aromatic heterocycles. The summed E-state index contributed by atoms with van der Waals surface area (Å²) in [6, 6.07) is 5.96. The molecule has 4 rings (SSSR count). The maximum Gasteiger partial charge on any atom is 0.343 e. The second-order valence-corrected chi connectivity index (χ2v) is 7.86. The van der Waals surface area contributed by atoms with Crippen LogP contribution in [-0.2, 0) is 14.3 Å². The van der Waals surface area contributed by atoms with Crippen LogP contribution in [0.5, 0.6) is 0 Å². The molecular weight excluding hydrogens is 424 g/mol. The van der Waals surface area contributed by atoms with Crippen molar-refractivity contribution in [2.45, 2.75) is 40.5 Å². The number of carbonyl (C=O) groups excluding carboxylic acids is 3. The van der Waals surface area contributed by atoms with Crippen LogP contribution in [0, 0.1) is 20.8 Å². The number of aromatic nitrogens is 3. The molecule has 3 heterocycles.